The van der Waals surface area contributed by atoms with E-state index in [1.165, 1.54) is 24.5 Å². The topological polar surface area (TPSA) is 109 Å². The van der Waals surface area contributed by atoms with Crippen LogP contribution in [0.5, 0.6) is 0 Å². The summed E-state index contributed by atoms with van der Waals surface area (Å²) in [6, 6.07) is 5.77. The molecule has 0 bridgehead atoms. The number of H-pyrrole nitrogens is 1. The minimum absolute atomic E-state index is 0.000370. The molecule has 2 rings (SSSR count). The molecule has 0 radical (unpaired) electrons. The van der Waals surface area contributed by atoms with Gasteiger partial charge in [0.15, 0.2) is 14.9 Å². The molecule has 0 amide bonds. The van der Waals surface area contributed by atoms with Gasteiger partial charge in [-0.3, -0.25) is 4.72 Å². The Bertz CT molecular complexity index is 780. The first-order chi connectivity index (χ1) is 8.81. The van der Waals surface area contributed by atoms with Crippen LogP contribution >= 0.6 is 0 Å². The summed E-state index contributed by atoms with van der Waals surface area (Å²) < 4.78 is 49.3. The second-order valence-electron chi connectivity index (χ2n) is 3.79. The number of imidazole rings is 1. The molecule has 0 aliphatic rings. The molecule has 0 fully saturated rings. The second kappa shape index (κ2) is 4.67. The lowest BCUT2D eigenvalue weighted by Gasteiger charge is -2.10. The minimum Gasteiger partial charge on any atom is -0.334 e. The zero-order valence-electron chi connectivity index (χ0n) is 9.86. The van der Waals surface area contributed by atoms with Crippen LogP contribution in [0.4, 0.5) is 5.69 Å². The SMILES string of the molecule is CS(=O)(=O)c1ccccc1NS(=O)(=O)c1cnc[nH]1. The number of benzene rings is 1. The molecule has 1 heterocycles. The Hall–Kier alpha value is -1.87. The highest BCUT2D eigenvalue weighted by Gasteiger charge is 2.20. The third-order valence-corrected chi connectivity index (χ3v) is 4.74. The first-order valence-electron chi connectivity index (χ1n) is 5.11. The monoisotopic (exact) mass is 301 g/mol. The molecule has 0 aliphatic carbocycles. The van der Waals surface area contributed by atoms with Crippen LogP contribution in [0.25, 0.3) is 0 Å². The molecule has 102 valence electrons. The van der Waals surface area contributed by atoms with Crippen molar-refractivity contribution in [1.29, 1.82) is 0 Å². The average Bonchev–Trinajstić information content (AvgIpc) is 2.81. The van der Waals surface area contributed by atoms with Gasteiger partial charge in [0, 0.05) is 6.26 Å². The summed E-state index contributed by atoms with van der Waals surface area (Å²) in [6.07, 6.45) is 3.36. The van der Waals surface area contributed by atoms with Crippen LogP contribution in [0, 0.1) is 0 Å². The first-order valence-corrected chi connectivity index (χ1v) is 8.48. The van der Waals surface area contributed by atoms with Gasteiger partial charge in [0.25, 0.3) is 10.0 Å². The average molecular weight is 301 g/mol. The van der Waals surface area contributed by atoms with E-state index in [9.17, 15) is 16.8 Å². The number of sulfone groups is 1. The summed E-state index contributed by atoms with van der Waals surface area (Å²) in [4.78, 5) is 5.97. The van der Waals surface area contributed by atoms with Gasteiger partial charge in [0.05, 0.1) is 23.1 Å². The van der Waals surface area contributed by atoms with Gasteiger partial charge in [0.2, 0.25) is 0 Å². The van der Waals surface area contributed by atoms with Gasteiger partial charge in [-0.1, -0.05) is 12.1 Å². The molecule has 0 aliphatic heterocycles. The molecule has 19 heavy (non-hydrogen) atoms. The Kier molecular flexibility index (Phi) is 3.33. The Morgan fingerprint density at radius 3 is 2.42 bits per heavy atom. The van der Waals surface area contributed by atoms with Crippen molar-refractivity contribution in [2.75, 3.05) is 11.0 Å². The largest absolute Gasteiger partial charge is 0.334 e. The molecular formula is C10H11N3O4S2. The number of para-hydroxylation sites is 1. The van der Waals surface area contributed by atoms with Gasteiger partial charge in [0.1, 0.15) is 0 Å². The molecule has 0 saturated carbocycles. The van der Waals surface area contributed by atoms with Gasteiger partial charge < -0.3 is 4.98 Å². The predicted molar refractivity (Wildman–Crippen MR) is 68.9 cm³/mol. The van der Waals surface area contributed by atoms with Gasteiger partial charge in [-0.05, 0) is 12.1 Å². The summed E-state index contributed by atoms with van der Waals surface area (Å²) in [5, 5.41) is -0.143. The first kappa shape index (κ1) is 13.6. The molecule has 7 nitrogen and oxygen atoms in total. The molecule has 0 atom stereocenters. The summed E-state index contributed by atoms with van der Waals surface area (Å²) in [7, 11) is -7.41. The number of aromatic amines is 1. The highest BCUT2D eigenvalue weighted by molar-refractivity contribution is 7.93. The third kappa shape index (κ3) is 2.93. The summed E-state index contributed by atoms with van der Waals surface area (Å²) in [5.74, 6) is 0. The number of hydrogen-bond donors (Lipinski definition) is 2. The Morgan fingerprint density at radius 1 is 1.16 bits per heavy atom. The van der Waals surface area contributed by atoms with Crippen molar-refractivity contribution in [3.8, 4) is 0 Å². The maximum Gasteiger partial charge on any atom is 0.279 e. The highest BCUT2D eigenvalue weighted by Crippen LogP contribution is 2.23. The Labute approximate surface area is 110 Å². The van der Waals surface area contributed by atoms with Gasteiger partial charge in [-0.2, -0.15) is 8.42 Å². The van der Waals surface area contributed by atoms with E-state index in [-0.39, 0.29) is 15.6 Å². The summed E-state index contributed by atoms with van der Waals surface area (Å²) in [6.45, 7) is 0. The summed E-state index contributed by atoms with van der Waals surface area (Å²) >= 11 is 0. The van der Waals surface area contributed by atoms with E-state index in [0.29, 0.717) is 0 Å². The van der Waals surface area contributed by atoms with Crippen LogP contribution in [0.2, 0.25) is 0 Å². The second-order valence-corrected chi connectivity index (χ2v) is 7.42. The maximum absolute atomic E-state index is 12.0. The lowest BCUT2D eigenvalue weighted by Crippen LogP contribution is -2.15. The molecule has 1 aromatic carbocycles. The van der Waals surface area contributed by atoms with Crippen molar-refractivity contribution in [2.24, 2.45) is 0 Å². The van der Waals surface area contributed by atoms with Crippen molar-refractivity contribution in [3.05, 3.63) is 36.8 Å². The van der Waals surface area contributed by atoms with Gasteiger partial charge >= 0.3 is 0 Å². The van der Waals surface area contributed by atoms with Crippen LogP contribution in [0.1, 0.15) is 0 Å². The van der Waals surface area contributed by atoms with Gasteiger partial charge in [-0.25, -0.2) is 13.4 Å². The number of aromatic nitrogens is 2. The van der Waals surface area contributed by atoms with Crippen molar-refractivity contribution in [3.63, 3.8) is 0 Å². The molecule has 0 spiro atoms. The van der Waals surface area contributed by atoms with E-state index in [2.05, 4.69) is 14.7 Å². The zero-order chi connectivity index (χ0) is 14.1. The molecule has 2 aromatic rings. The number of rotatable bonds is 4. The van der Waals surface area contributed by atoms with E-state index < -0.39 is 19.9 Å². The van der Waals surface area contributed by atoms with E-state index >= 15 is 0 Å². The fraction of sp³-hybridized carbons (Fsp3) is 0.100. The number of nitrogens with zero attached hydrogens (tertiary/aromatic N) is 1. The zero-order valence-corrected chi connectivity index (χ0v) is 11.5. The fourth-order valence-electron chi connectivity index (χ4n) is 1.46. The fourth-order valence-corrected chi connectivity index (χ4v) is 3.36. The molecule has 2 N–H and O–H groups in total. The van der Waals surface area contributed by atoms with E-state index in [1.54, 1.807) is 6.07 Å². The molecular weight excluding hydrogens is 290 g/mol. The molecule has 9 heteroatoms. The van der Waals surface area contributed by atoms with Crippen LogP contribution in [-0.2, 0) is 19.9 Å². The number of nitrogens with one attached hydrogen (secondary N) is 2. The van der Waals surface area contributed by atoms with E-state index in [4.69, 9.17) is 0 Å². The highest BCUT2D eigenvalue weighted by atomic mass is 32.2. The van der Waals surface area contributed by atoms with Crippen LogP contribution < -0.4 is 4.72 Å². The van der Waals surface area contributed by atoms with Crippen molar-refractivity contribution in [1.82, 2.24) is 9.97 Å². The van der Waals surface area contributed by atoms with Crippen LogP contribution in [0.15, 0.2) is 46.7 Å². The lowest BCUT2D eigenvalue weighted by molar-refractivity contribution is 0.598. The minimum atomic E-state index is -3.89. The summed E-state index contributed by atoms with van der Waals surface area (Å²) in [5.41, 5.74) is -0.000370. The van der Waals surface area contributed by atoms with Crippen LogP contribution in [0.3, 0.4) is 0 Å². The van der Waals surface area contributed by atoms with E-state index in [0.717, 1.165) is 12.5 Å². The predicted octanol–water partition coefficient (Wildman–Crippen LogP) is 0.614. The number of hydrogen-bond acceptors (Lipinski definition) is 5. The van der Waals surface area contributed by atoms with Crippen molar-refractivity contribution >= 4 is 25.5 Å². The smallest absolute Gasteiger partial charge is 0.279 e. The third-order valence-electron chi connectivity index (χ3n) is 2.29. The normalized spacial score (nSPS) is 12.3. The van der Waals surface area contributed by atoms with Crippen molar-refractivity contribution < 1.29 is 16.8 Å². The molecule has 0 unspecified atom stereocenters. The van der Waals surface area contributed by atoms with Gasteiger partial charge in [-0.15, -0.1) is 0 Å². The number of anilines is 1. The Morgan fingerprint density at radius 2 is 1.84 bits per heavy atom. The lowest BCUT2D eigenvalue weighted by atomic mass is 10.3. The molecule has 1 aromatic heterocycles. The Balaban J connectivity index is 2.46. The maximum atomic E-state index is 12.0. The molecule has 0 saturated heterocycles. The standard InChI is InChI=1S/C10H11N3O4S2/c1-18(14,15)9-5-3-2-4-8(9)13-19(16,17)10-6-11-7-12-10/h2-7,13H,1H3,(H,11,12). The number of sulfonamides is 1. The van der Waals surface area contributed by atoms with Crippen LogP contribution in [-0.4, -0.2) is 33.1 Å². The quantitative estimate of drug-likeness (QED) is 0.860. The van der Waals surface area contributed by atoms with E-state index in [1.807, 2.05) is 0 Å². The van der Waals surface area contributed by atoms with Crippen molar-refractivity contribution in [2.45, 2.75) is 9.92 Å².